The minimum Gasteiger partial charge on any atom is -0.495 e. The summed E-state index contributed by atoms with van der Waals surface area (Å²) < 4.78 is 18.8. The van der Waals surface area contributed by atoms with Gasteiger partial charge in [0.25, 0.3) is 0 Å². The predicted octanol–water partition coefficient (Wildman–Crippen LogP) is 3.03. The van der Waals surface area contributed by atoms with Gasteiger partial charge in [-0.1, -0.05) is 0 Å². The number of nitrogens with one attached hydrogen (secondary N) is 1. The van der Waals surface area contributed by atoms with Crippen LogP contribution in [0.3, 0.4) is 0 Å². The number of nitriles is 1. The summed E-state index contributed by atoms with van der Waals surface area (Å²) in [7, 11) is 1.49. The first-order valence-electron chi connectivity index (χ1n) is 5.54. The fourth-order valence-electron chi connectivity index (χ4n) is 1.64. The minimum absolute atomic E-state index is 0.289. The Hall–Kier alpha value is -2.74. The van der Waals surface area contributed by atoms with E-state index in [0.29, 0.717) is 22.7 Å². The number of nitrogens with two attached hydrogens (primary N) is 1. The molecule has 96 valence electrons. The number of anilines is 3. The maximum absolute atomic E-state index is 13.7. The molecule has 2 rings (SSSR count). The molecule has 2 aromatic rings. The Balaban J connectivity index is 2.35. The van der Waals surface area contributed by atoms with E-state index in [0.717, 1.165) is 0 Å². The van der Waals surface area contributed by atoms with Crippen LogP contribution in [0.2, 0.25) is 0 Å². The zero-order valence-corrected chi connectivity index (χ0v) is 10.3. The fraction of sp³-hybridized carbons (Fsp3) is 0.0714. The molecule has 2 aromatic carbocycles. The van der Waals surface area contributed by atoms with Crippen molar-refractivity contribution in [2.45, 2.75) is 0 Å². The van der Waals surface area contributed by atoms with Crippen molar-refractivity contribution in [1.82, 2.24) is 0 Å². The molecular weight excluding hydrogens is 245 g/mol. The fourth-order valence-corrected chi connectivity index (χ4v) is 1.64. The van der Waals surface area contributed by atoms with Gasteiger partial charge in [-0.05, 0) is 30.3 Å². The van der Waals surface area contributed by atoms with E-state index < -0.39 is 5.82 Å². The normalized spacial score (nSPS) is 9.74. The minimum atomic E-state index is -0.452. The summed E-state index contributed by atoms with van der Waals surface area (Å²) in [6, 6.07) is 11.3. The number of nitrogen functional groups attached to an aromatic ring is 1. The average Bonchev–Trinajstić information content (AvgIpc) is 2.42. The summed E-state index contributed by atoms with van der Waals surface area (Å²) in [6.07, 6.45) is 0. The highest BCUT2D eigenvalue weighted by Crippen LogP contribution is 2.30. The lowest BCUT2D eigenvalue weighted by atomic mass is 10.2. The Morgan fingerprint density at radius 2 is 1.95 bits per heavy atom. The second-order valence-corrected chi connectivity index (χ2v) is 3.89. The predicted molar refractivity (Wildman–Crippen MR) is 71.8 cm³/mol. The molecule has 0 aliphatic heterocycles. The lowest BCUT2D eigenvalue weighted by molar-refractivity contribution is 0.416. The van der Waals surface area contributed by atoms with Crippen LogP contribution in [-0.2, 0) is 0 Å². The molecule has 3 N–H and O–H groups in total. The second kappa shape index (κ2) is 5.27. The van der Waals surface area contributed by atoms with E-state index in [2.05, 4.69) is 5.32 Å². The SMILES string of the molecule is COc1cc(C#N)ccc1Nc1ccc(N)cc1F. The number of nitrogens with zero attached hydrogens (tertiary/aromatic N) is 1. The van der Waals surface area contributed by atoms with Crippen molar-refractivity contribution in [3.63, 3.8) is 0 Å². The summed E-state index contributed by atoms with van der Waals surface area (Å²) in [5.41, 5.74) is 7.18. The van der Waals surface area contributed by atoms with Gasteiger partial charge in [-0.25, -0.2) is 4.39 Å². The number of hydrogen-bond acceptors (Lipinski definition) is 4. The largest absolute Gasteiger partial charge is 0.495 e. The first-order chi connectivity index (χ1) is 9.13. The Morgan fingerprint density at radius 3 is 2.58 bits per heavy atom. The van der Waals surface area contributed by atoms with E-state index in [-0.39, 0.29) is 5.69 Å². The zero-order valence-electron chi connectivity index (χ0n) is 10.3. The topological polar surface area (TPSA) is 71.1 Å². The highest BCUT2D eigenvalue weighted by molar-refractivity contribution is 5.69. The van der Waals surface area contributed by atoms with E-state index in [1.54, 1.807) is 30.3 Å². The van der Waals surface area contributed by atoms with Crippen LogP contribution in [0.1, 0.15) is 5.56 Å². The van der Waals surface area contributed by atoms with Crippen LogP contribution in [0.25, 0.3) is 0 Å². The average molecular weight is 257 g/mol. The third kappa shape index (κ3) is 2.75. The van der Waals surface area contributed by atoms with Gasteiger partial charge in [-0.3, -0.25) is 0 Å². The number of rotatable bonds is 3. The smallest absolute Gasteiger partial charge is 0.148 e. The van der Waals surface area contributed by atoms with Crippen LogP contribution in [0.15, 0.2) is 36.4 Å². The van der Waals surface area contributed by atoms with Crippen LogP contribution in [-0.4, -0.2) is 7.11 Å². The third-order valence-corrected chi connectivity index (χ3v) is 2.59. The molecular formula is C14H12FN3O. The van der Waals surface area contributed by atoms with Gasteiger partial charge in [0.2, 0.25) is 0 Å². The summed E-state index contributed by atoms with van der Waals surface area (Å²) in [4.78, 5) is 0. The van der Waals surface area contributed by atoms with Crippen molar-refractivity contribution in [2.24, 2.45) is 0 Å². The monoisotopic (exact) mass is 257 g/mol. The van der Waals surface area contributed by atoms with E-state index in [1.807, 2.05) is 6.07 Å². The molecule has 0 aliphatic rings. The van der Waals surface area contributed by atoms with Crippen molar-refractivity contribution in [3.8, 4) is 11.8 Å². The highest BCUT2D eigenvalue weighted by Gasteiger charge is 2.08. The van der Waals surface area contributed by atoms with Crippen molar-refractivity contribution in [1.29, 1.82) is 5.26 Å². The van der Waals surface area contributed by atoms with Gasteiger partial charge < -0.3 is 15.8 Å². The Morgan fingerprint density at radius 1 is 1.21 bits per heavy atom. The first kappa shape index (κ1) is 12.7. The zero-order chi connectivity index (χ0) is 13.8. The Labute approximate surface area is 110 Å². The number of methoxy groups -OCH3 is 1. The lowest BCUT2D eigenvalue weighted by Gasteiger charge is -2.12. The summed E-state index contributed by atoms with van der Waals surface area (Å²) >= 11 is 0. The van der Waals surface area contributed by atoms with E-state index >= 15 is 0 Å². The molecule has 0 aromatic heterocycles. The quantitative estimate of drug-likeness (QED) is 0.829. The molecule has 19 heavy (non-hydrogen) atoms. The summed E-state index contributed by atoms with van der Waals surface area (Å²) in [5.74, 6) is 0.0155. The highest BCUT2D eigenvalue weighted by atomic mass is 19.1. The van der Waals surface area contributed by atoms with Gasteiger partial charge in [0, 0.05) is 11.8 Å². The molecule has 4 nitrogen and oxygen atoms in total. The molecule has 0 saturated carbocycles. The standard InChI is InChI=1S/C14H12FN3O/c1-19-14-6-9(8-16)2-4-13(14)18-12-5-3-10(17)7-11(12)15/h2-7,18H,17H2,1H3. The van der Waals surface area contributed by atoms with Gasteiger partial charge >= 0.3 is 0 Å². The van der Waals surface area contributed by atoms with Crippen molar-refractivity contribution < 1.29 is 9.13 Å². The molecule has 0 bridgehead atoms. The van der Waals surface area contributed by atoms with Crippen LogP contribution >= 0.6 is 0 Å². The molecule has 0 saturated heterocycles. The van der Waals surface area contributed by atoms with Gasteiger partial charge in [-0.2, -0.15) is 5.26 Å². The molecule has 0 amide bonds. The second-order valence-electron chi connectivity index (χ2n) is 3.89. The van der Waals surface area contributed by atoms with Crippen LogP contribution in [0.5, 0.6) is 5.75 Å². The summed E-state index contributed by atoms with van der Waals surface area (Å²) in [5, 5.41) is 11.7. The lowest BCUT2D eigenvalue weighted by Crippen LogP contribution is -1.98. The molecule has 0 aliphatic carbocycles. The molecule has 0 heterocycles. The van der Waals surface area contributed by atoms with Crippen LogP contribution in [0.4, 0.5) is 21.5 Å². The van der Waals surface area contributed by atoms with Crippen LogP contribution in [0, 0.1) is 17.1 Å². The molecule has 0 fully saturated rings. The van der Waals surface area contributed by atoms with E-state index in [9.17, 15) is 4.39 Å². The van der Waals surface area contributed by atoms with Gasteiger partial charge in [0.1, 0.15) is 11.6 Å². The molecule has 0 radical (unpaired) electrons. The van der Waals surface area contributed by atoms with Gasteiger partial charge in [0.05, 0.1) is 30.1 Å². The number of hydrogen-bond donors (Lipinski definition) is 2. The van der Waals surface area contributed by atoms with Gasteiger partial charge in [0.15, 0.2) is 0 Å². The Bertz CT molecular complexity index is 650. The first-order valence-corrected chi connectivity index (χ1v) is 5.54. The molecule has 0 atom stereocenters. The third-order valence-electron chi connectivity index (χ3n) is 2.59. The maximum atomic E-state index is 13.7. The summed E-state index contributed by atoms with van der Waals surface area (Å²) in [6.45, 7) is 0. The Kier molecular flexibility index (Phi) is 3.53. The number of halogens is 1. The number of ether oxygens (including phenoxy) is 1. The van der Waals surface area contributed by atoms with E-state index in [4.69, 9.17) is 15.7 Å². The molecule has 5 heteroatoms. The molecule has 0 unspecified atom stereocenters. The van der Waals surface area contributed by atoms with E-state index in [1.165, 1.54) is 13.2 Å². The van der Waals surface area contributed by atoms with Crippen molar-refractivity contribution in [2.75, 3.05) is 18.2 Å². The van der Waals surface area contributed by atoms with Crippen LogP contribution < -0.4 is 15.8 Å². The van der Waals surface area contributed by atoms with Gasteiger partial charge in [-0.15, -0.1) is 0 Å². The number of benzene rings is 2. The van der Waals surface area contributed by atoms with Crippen molar-refractivity contribution in [3.05, 3.63) is 47.8 Å². The molecule has 0 spiro atoms. The van der Waals surface area contributed by atoms with Crippen molar-refractivity contribution >= 4 is 17.1 Å². The maximum Gasteiger partial charge on any atom is 0.148 e.